The molecule has 10 heteroatoms. The van der Waals surface area contributed by atoms with E-state index in [1.807, 2.05) is 16.7 Å². The Morgan fingerprint density at radius 2 is 1.97 bits per heavy atom. The lowest BCUT2D eigenvalue weighted by Gasteiger charge is -2.26. The number of hydrogen-bond acceptors (Lipinski definition) is 5. The maximum absolute atomic E-state index is 13.4. The van der Waals surface area contributed by atoms with Crippen LogP contribution in [0, 0.1) is 5.82 Å². The summed E-state index contributed by atoms with van der Waals surface area (Å²) < 4.78 is 17.2. The van der Waals surface area contributed by atoms with Crippen molar-refractivity contribution in [3.63, 3.8) is 0 Å². The van der Waals surface area contributed by atoms with Crippen molar-refractivity contribution in [2.24, 2.45) is 0 Å². The van der Waals surface area contributed by atoms with Crippen molar-refractivity contribution in [3.8, 4) is 0 Å². The van der Waals surface area contributed by atoms with Gasteiger partial charge in [0.2, 0.25) is 11.9 Å². The topological polar surface area (TPSA) is 105 Å². The van der Waals surface area contributed by atoms with Crippen LogP contribution in [0.4, 0.5) is 10.3 Å². The second-order valence-electron chi connectivity index (χ2n) is 10.4. The van der Waals surface area contributed by atoms with Crippen LogP contribution in [0.15, 0.2) is 55.3 Å². The van der Waals surface area contributed by atoms with E-state index in [9.17, 15) is 19.1 Å². The smallest absolute Gasteiger partial charge is 0.257 e. The average Bonchev–Trinajstić information content (AvgIpc) is 3.34. The molecule has 1 aliphatic heterocycles. The molecular weight excluding hydrogens is 487 g/mol. The fourth-order valence-corrected chi connectivity index (χ4v) is 5.12. The Balaban J connectivity index is 1.65. The largest absolute Gasteiger partial charge is 0.389 e. The number of hydrogen-bond donors (Lipinski definition) is 2. The number of anilines is 1. The molecule has 2 aromatic carbocycles. The van der Waals surface area contributed by atoms with Crippen molar-refractivity contribution in [1.82, 2.24) is 24.2 Å². The minimum absolute atomic E-state index is 0.138. The van der Waals surface area contributed by atoms with Crippen LogP contribution in [0.1, 0.15) is 49.5 Å². The predicted octanol–water partition coefficient (Wildman–Crippen LogP) is 4.29. The minimum Gasteiger partial charge on any atom is -0.389 e. The molecule has 0 bridgehead atoms. The highest BCUT2D eigenvalue weighted by atomic mass is 19.1. The lowest BCUT2D eigenvalue weighted by atomic mass is 10.1. The normalized spacial score (nSPS) is 16.5. The Labute approximate surface area is 219 Å². The molecular formula is C28H31FN6O3. The maximum atomic E-state index is 13.4. The summed E-state index contributed by atoms with van der Waals surface area (Å²) in [5.74, 6) is -0.635. The third-order valence-electron chi connectivity index (χ3n) is 6.84. The Morgan fingerprint density at radius 3 is 2.68 bits per heavy atom. The number of aromatic nitrogens is 4. The van der Waals surface area contributed by atoms with Crippen molar-refractivity contribution in [1.29, 1.82) is 0 Å². The highest BCUT2D eigenvalue weighted by Gasteiger charge is 2.28. The first-order valence-electron chi connectivity index (χ1n) is 12.7. The van der Waals surface area contributed by atoms with Crippen molar-refractivity contribution in [2.75, 3.05) is 18.4 Å². The Kier molecular flexibility index (Phi) is 6.75. The number of fused-ring (bicyclic) bond motifs is 3. The molecule has 0 spiro atoms. The third-order valence-corrected chi connectivity index (χ3v) is 6.84. The van der Waals surface area contributed by atoms with Crippen LogP contribution in [0.2, 0.25) is 0 Å². The van der Waals surface area contributed by atoms with Crippen LogP contribution in [-0.4, -0.2) is 59.8 Å². The predicted molar refractivity (Wildman–Crippen MR) is 143 cm³/mol. The SMILES string of the molecule is C=CC(=O)N1CCCC[C@@H](n2c(NC(=O)c3ccc(F)cc3)nc3ccc4c(cnn4CC(C)(C)O)c32)C1. The fraction of sp³-hybridized carbons (Fsp3) is 0.357. The number of carbonyl (C=O) groups is 2. The number of likely N-dealkylation sites (tertiary alicyclic amines) is 1. The minimum atomic E-state index is -0.963. The van der Waals surface area contributed by atoms with Crippen LogP contribution in [0.3, 0.4) is 0 Å². The monoisotopic (exact) mass is 518 g/mol. The first-order chi connectivity index (χ1) is 18.1. The first kappa shape index (κ1) is 25.6. The van der Waals surface area contributed by atoms with Gasteiger partial charge in [0.15, 0.2) is 0 Å². The summed E-state index contributed by atoms with van der Waals surface area (Å²) in [6, 6.07) is 8.93. The van der Waals surface area contributed by atoms with E-state index in [1.165, 1.54) is 30.3 Å². The molecule has 1 aliphatic rings. The lowest BCUT2D eigenvalue weighted by molar-refractivity contribution is -0.126. The third kappa shape index (κ3) is 5.04. The molecule has 5 rings (SSSR count). The number of benzene rings is 2. The van der Waals surface area contributed by atoms with Crippen LogP contribution in [-0.2, 0) is 11.3 Å². The quantitative estimate of drug-likeness (QED) is 0.371. The van der Waals surface area contributed by atoms with Crippen molar-refractivity contribution in [3.05, 3.63) is 66.6 Å². The van der Waals surface area contributed by atoms with E-state index in [1.54, 1.807) is 29.6 Å². The first-order valence-corrected chi connectivity index (χ1v) is 12.7. The number of halogens is 1. The zero-order valence-electron chi connectivity index (χ0n) is 21.5. The van der Waals surface area contributed by atoms with Gasteiger partial charge in [0.05, 0.1) is 40.9 Å². The summed E-state index contributed by atoms with van der Waals surface area (Å²) in [5.41, 5.74) is 1.62. The molecule has 0 radical (unpaired) electrons. The molecule has 0 saturated carbocycles. The standard InChI is InChI=1S/C28H31FN6O3/c1-4-24(36)33-14-6-5-7-20(16-33)35-25-21-15-30-34(17-28(2,3)38)23(21)13-12-22(25)31-27(35)32-26(37)18-8-10-19(29)11-9-18/h4,8-13,15,20,38H,1,5-7,14,16-17H2,2-3H3,(H,31,32,37)/t20-/m1/s1. The second-order valence-corrected chi connectivity index (χ2v) is 10.4. The second kappa shape index (κ2) is 10.0. The van der Waals surface area contributed by atoms with Crippen molar-refractivity contribution in [2.45, 2.75) is 51.3 Å². The number of nitrogens with zero attached hydrogens (tertiary/aromatic N) is 5. The molecule has 1 atom stereocenters. The van der Waals surface area contributed by atoms with E-state index >= 15 is 0 Å². The number of rotatable bonds is 6. The Morgan fingerprint density at radius 1 is 1.21 bits per heavy atom. The number of amides is 2. The van der Waals surface area contributed by atoms with Crippen molar-refractivity contribution >= 4 is 39.7 Å². The summed E-state index contributed by atoms with van der Waals surface area (Å²) in [5, 5.41) is 18.7. The summed E-state index contributed by atoms with van der Waals surface area (Å²) in [6.45, 7) is 8.46. The van der Waals surface area contributed by atoms with Crippen LogP contribution < -0.4 is 5.32 Å². The Bertz CT molecular complexity index is 1520. The van der Waals surface area contributed by atoms with Gasteiger partial charge in [-0.15, -0.1) is 0 Å². The van der Waals surface area contributed by atoms with Crippen LogP contribution in [0.25, 0.3) is 21.9 Å². The van der Waals surface area contributed by atoms with Gasteiger partial charge in [0.25, 0.3) is 5.91 Å². The summed E-state index contributed by atoms with van der Waals surface area (Å²) in [4.78, 5) is 32.3. The van der Waals surface area contributed by atoms with Crippen LogP contribution >= 0.6 is 0 Å². The van der Waals surface area contributed by atoms with E-state index in [-0.39, 0.29) is 11.9 Å². The van der Waals surface area contributed by atoms with Gasteiger partial charge in [-0.1, -0.05) is 6.58 Å². The molecule has 2 amide bonds. The number of nitrogens with one attached hydrogen (secondary N) is 1. The van der Waals surface area contributed by atoms with E-state index in [2.05, 4.69) is 17.0 Å². The van der Waals surface area contributed by atoms with Gasteiger partial charge in [-0.05, 0) is 75.6 Å². The van der Waals surface area contributed by atoms with Gasteiger partial charge in [-0.25, -0.2) is 9.37 Å². The molecule has 9 nitrogen and oxygen atoms in total. The van der Waals surface area contributed by atoms with Crippen LogP contribution in [0.5, 0.6) is 0 Å². The zero-order valence-corrected chi connectivity index (χ0v) is 21.5. The number of aliphatic hydroxyl groups is 1. The highest BCUT2D eigenvalue weighted by molar-refractivity contribution is 6.07. The molecule has 2 aromatic heterocycles. The zero-order chi connectivity index (χ0) is 27.0. The number of carbonyl (C=O) groups excluding carboxylic acids is 2. The molecule has 2 N–H and O–H groups in total. The molecule has 1 fully saturated rings. The highest BCUT2D eigenvalue weighted by Crippen LogP contribution is 2.35. The molecule has 4 aromatic rings. The van der Waals surface area contributed by atoms with E-state index in [0.29, 0.717) is 36.7 Å². The lowest BCUT2D eigenvalue weighted by Crippen LogP contribution is -2.34. The van der Waals surface area contributed by atoms with Gasteiger partial charge in [-0.3, -0.25) is 19.6 Å². The molecule has 38 heavy (non-hydrogen) atoms. The van der Waals surface area contributed by atoms with Gasteiger partial charge >= 0.3 is 0 Å². The molecule has 198 valence electrons. The van der Waals surface area contributed by atoms with E-state index in [4.69, 9.17) is 4.98 Å². The summed E-state index contributed by atoms with van der Waals surface area (Å²) >= 11 is 0. The number of imidazole rings is 1. The summed E-state index contributed by atoms with van der Waals surface area (Å²) in [6.07, 6.45) is 5.60. The van der Waals surface area contributed by atoms with Gasteiger partial charge in [0.1, 0.15) is 5.82 Å². The van der Waals surface area contributed by atoms with Crippen molar-refractivity contribution < 1.29 is 19.1 Å². The van der Waals surface area contributed by atoms with Gasteiger partial charge in [-0.2, -0.15) is 5.10 Å². The molecule has 0 unspecified atom stereocenters. The van der Waals surface area contributed by atoms with Gasteiger partial charge in [0, 0.05) is 24.0 Å². The fourth-order valence-electron chi connectivity index (χ4n) is 5.12. The molecule has 3 heterocycles. The Hall–Kier alpha value is -4.05. The average molecular weight is 519 g/mol. The molecule has 0 aliphatic carbocycles. The molecule has 1 saturated heterocycles. The van der Waals surface area contributed by atoms with E-state index in [0.717, 1.165) is 35.7 Å². The van der Waals surface area contributed by atoms with Gasteiger partial charge < -0.3 is 14.6 Å². The summed E-state index contributed by atoms with van der Waals surface area (Å²) in [7, 11) is 0. The van der Waals surface area contributed by atoms with E-state index < -0.39 is 17.3 Å². The maximum Gasteiger partial charge on any atom is 0.257 e.